The molecule has 0 spiro atoms. The number of benzene rings is 1. The first-order valence-electron chi connectivity index (χ1n) is 6.41. The SMILES string of the molecule is CC(C)c1cc2c(Oc3cccc(I)c3)nccn2n1. The van der Waals surface area contributed by atoms with E-state index in [9.17, 15) is 0 Å². The van der Waals surface area contributed by atoms with Crippen LogP contribution in [0.15, 0.2) is 42.7 Å². The highest BCUT2D eigenvalue weighted by Gasteiger charge is 2.11. The van der Waals surface area contributed by atoms with Crippen molar-refractivity contribution in [2.45, 2.75) is 19.8 Å². The molecule has 0 fully saturated rings. The summed E-state index contributed by atoms with van der Waals surface area (Å²) in [6.07, 6.45) is 3.54. The molecule has 2 heterocycles. The number of fused-ring (bicyclic) bond motifs is 1. The summed E-state index contributed by atoms with van der Waals surface area (Å²) in [4.78, 5) is 4.32. The van der Waals surface area contributed by atoms with Gasteiger partial charge in [-0.1, -0.05) is 19.9 Å². The van der Waals surface area contributed by atoms with E-state index in [-0.39, 0.29) is 0 Å². The Hall–Kier alpha value is -1.63. The molecule has 0 N–H and O–H groups in total. The maximum Gasteiger partial charge on any atom is 0.245 e. The van der Waals surface area contributed by atoms with Gasteiger partial charge in [0.1, 0.15) is 11.3 Å². The van der Waals surface area contributed by atoms with Crippen molar-refractivity contribution in [1.82, 2.24) is 14.6 Å². The molecule has 0 unspecified atom stereocenters. The second-order valence-corrected chi connectivity index (χ2v) is 6.09. The molecule has 0 aliphatic carbocycles. The lowest BCUT2D eigenvalue weighted by atomic mass is 10.1. The fourth-order valence-electron chi connectivity index (χ4n) is 1.92. The second kappa shape index (κ2) is 5.40. The van der Waals surface area contributed by atoms with Gasteiger partial charge < -0.3 is 4.74 Å². The molecule has 0 aliphatic rings. The number of hydrogen-bond acceptors (Lipinski definition) is 3. The molecular weight excluding hydrogens is 365 g/mol. The Kier molecular flexibility index (Phi) is 3.60. The molecule has 3 aromatic rings. The van der Waals surface area contributed by atoms with Gasteiger partial charge >= 0.3 is 0 Å². The third-order valence-corrected chi connectivity index (χ3v) is 3.65. The zero-order valence-corrected chi connectivity index (χ0v) is 13.4. The van der Waals surface area contributed by atoms with Crippen molar-refractivity contribution >= 4 is 28.1 Å². The minimum Gasteiger partial charge on any atom is -0.437 e. The Morgan fingerprint density at radius 3 is 2.85 bits per heavy atom. The molecule has 5 heteroatoms. The van der Waals surface area contributed by atoms with Crippen LogP contribution in [0.25, 0.3) is 5.52 Å². The maximum atomic E-state index is 5.89. The normalized spacial score (nSPS) is 11.2. The Bertz CT molecular complexity index is 752. The molecule has 20 heavy (non-hydrogen) atoms. The van der Waals surface area contributed by atoms with Gasteiger partial charge in [0.15, 0.2) is 0 Å². The van der Waals surface area contributed by atoms with E-state index in [1.165, 1.54) is 0 Å². The van der Waals surface area contributed by atoms with Gasteiger partial charge in [0.25, 0.3) is 0 Å². The third-order valence-electron chi connectivity index (χ3n) is 2.98. The highest BCUT2D eigenvalue weighted by molar-refractivity contribution is 14.1. The molecular formula is C15H14IN3O. The molecule has 0 radical (unpaired) electrons. The van der Waals surface area contributed by atoms with Gasteiger partial charge in [-0.3, -0.25) is 0 Å². The number of nitrogens with zero attached hydrogens (tertiary/aromatic N) is 3. The van der Waals surface area contributed by atoms with Crippen LogP contribution in [-0.4, -0.2) is 14.6 Å². The summed E-state index contributed by atoms with van der Waals surface area (Å²) in [6, 6.07) is 9.92. The smallest absolute Gasteiger partial charge is 0.245 e. The third kappa shape index (κ3) is 2.63. The molecule has 3 rings (SSSR count). The fraction of sp³-hybridized carbons (Fsp3) is 0.200. The summed E-state index contributed by atoms with van der Waals surface area (Å²) in [5, 5.41) is 4.53. The summed E-state index contributed by atoms with van der Waals surface area (Å²) >= 11 is 2.26. The first-order valence-corrected chi connectivity index (χ1v) is 7.49. The van der Waals surface area contributed by atoms with Crippen LogP contribution < -0.4 is 4.74 Å². The van der Waals surface area contributed by atoms with Crippen LogP contribution in [0.3, 0.4) is 0 Å². The first kappa shape index (κ1) is 13.4. The minimum absolute atomic E-state index is 0.375. The first-order chi connectivity index (χ1) is 9.63. The number of ether oxygens (including phenoxy) is 1. The quantitative estimate of drug-likeness (QED) is 0.639. The summed E-state index contributed by atoms with van der Waals surface area (Å²) in [7, 11) is 0. The zero-order valence-electron chi connectivity index (χ0n) is 11.2. The van der Waals surface area contributed by atoms with E-state index in [1.54, 1.807) is 6.20 Å². The van der Waals surface area contributed by atoms with Gasteiger partial charge in [0.2, 0.25) is 5.88 Å². The van der Waals surface area contributed by atoms with Crippen LogP contribution in [0.1, 0.15) is 25.5 Å². The molecule has 0 aliphatic heterocycles. The molecule has 4 nitrogen and oxygen atoms in total. The Labute approximate surface area is 130 Å². The van der Waals surface area contributed by atoms with Crippen molar-refractivity contribution in [3.05, 3.63) is 52.0 Å². The summed E-state index contributed by atoms with van der Waals surface area (Å²) in [5.41, 5.74) is 1.92. The molecule has 0 bridgehead atoms. The number of hydrogen-bond donors (Lipinski definition) is 0. The van der Waals surface area contributed by atoms with E-state index in [1.807, 2.05) is 41.0 Å². The monoisotopic (exact) mass is 379 g/mol. The van der Waals surface area contributed by atoms with E-state index in [2.05, 4.69) is 46.5 Å². The van der Waals surface area contributed by atoms with Crippen LogP contribution in [-0.2, 0) is 0 Å². The van der Waals surface area contributed by atoms with Crippen LogP contribution in [0.2, 0.25) is 0 Å². The fourth-order valence-corrected chi connectivity index (χ4v) is 2.43. The molecule has 0 amide bonds. The Balaban J connectivity index is 2.03. The van der Waals surface area contributed by atoms with Crippen molar-refractivity contribution in [3.8, 4) is 11.6 Å². The number of rotatable bonds is 3. The molecule has 1 aromatic carbocycles. The molecule has 0 saturated heterocycles. The predicted molar refractivity (Wildman–Crippen MR) is 86.3 cm³/mol. The maximum absolute atomic E-state index is 5.89. The van der Waals surface area contributed by atoms with Crippen LogP contribution in [0, 0.1) is 3.57 Å². The number of aromatic nitrogens is 3. The van der Waals surface area contributed by atoms with E-state index in [4.69, 9.17) is 4.74 Å². The van der Waals surface area contributed by atoms with Gasteiger partial charge in [-0.05, 0) is 52.8 Å². The van der Waals surface area contributed by atoms with Crippen molar-refractivity contribution in [1.29, 1.82) is 0 Å². The lowest BCUT2D eigenvalue weighted by Gasteiger charge is -2.05. The lowest BCUT2D eigenvalue weighted by molar-refractivity contribution is 0.465. The zero-order chi connectivity index (χ0) is 14.1. The predicted octanol–water partition coefficient (Wildman–Crippen LogP) is 4.25. The summed E-state index contributed by atoms with van der Waals surface area (Å²) in [5.74, 6) is 1.74. The average Bonchev–Trinajstić information content (AvgIpc) is 2.84. The van der Waals surface area contributed by atoms with Gasteiger partial charge in [0.05, 0.1) is 5.69 Å². The minimum atomic E-state index is 0.375. The molecule has 0 atom stereocenters. The number of halogens is 1. The van der Waals surface area contributed by atoms with E-state index in [0.29, 0.717) is 11.8 Å². The topological polar surface area (TPSA) is 39.4 Å². The summed E-state index contributed by atoms with van der Waals surface area (Å²) in [6.45, 7) is 4.24. The highest BCUT2D eigenvalue weighted by Crippen LogP contribution is 2.26. The second-order valence-electron chi connectivity index (χ2n) is 4.85. The van der Waals surface area contributed by atoms with Gasteiger partial charge in [-0.25, -0.2) is 9.50 Å². The highest BCUT2D eigenvalue weighted by atomic mass is 127. The van der Waals surface area contributed by atoms with Gasteiger partial charge in [0, 0.05) is 16.0 Å². The largest absolute Gasteiger partial charge is 0.437 e. The van der Waals surface area contributed by atoms with Gasteiger partial charge in [-0.15, -0.1) is 0 Å². The van der Waals surface area contributed by atoms with E-state index in [0.717, 1.165) is 20.5 Å². The van der Waals surface area contributed by atoms with Gasteiger partial charge in [-0.2, -0.15) is 5.10 Å². The van der Waals surface area contributed by atoms with Crippen molar-refractivity contribution in [2.24, 2.45) is 0 Å². The van der Waals surface area contributed by atoms with Crippen LogP contribution in [0.5, 0.6) is 11.6 Å². The van der Waals surface area contributed by atoms with Crippen LogP contribution >= 0.6 is 22.6 Å². The van der Waals surface area contributed by atoms with Crippen molar-refractivity contribution in [3.63, 3.8) is 0 Å². The molecule has 0 saturated carbocycles. The van der Waals surface area contributed by atoms with Crippen LogP contribution in [0.4, 0.5) is 0 Å². The summed E-state index contributed by atoms with van der Waals surface area (Å²) < 4.78 is 8.83. The molecule has 102 valence electrons. The average molecular weight is 379 g/mol. The Morgan fingerprint density at radius 2 is 2.10 bits per heavy atom. The molecule has 2 aromatic heterocycles. The lowest BCUT2D eigenvalue weighted by Crippen LogP contribution is -1.94. The van der Waals surface area contributed by atoms with E-state index < -0.39 is 0 Å². The van der Waals surface area contributed by atoms with E-state index >= 15 is 0 Å². The Morgan fingerprint density at radius 1 is 1.25 bits per heavy atom. The van der Waals surface area contributed by atoms with Crippen molar-refractivity contribution in [2.75, 3.05) is 0 Å². The van der Waals surface area contributed by atoms with Crippen molar-refractivity contribution < 1.29 is 4.74 Å². The standard InChI is InChI=1S/C15H14IN3O/c1-10(2)13-9-14-15(17-6-7-19(14)18-13)20-12-5-3-4-11(16)8-12/h3-10H,1-2H3.